The number of Topliss-reactive ketones (excluding diaryl/α,β-unsaturated/α-hetero) is 1. The average Bonchev–Trinajstić information content (AvgIpc) is 2.97. The second-order valence-corrected chi connectivity index (χ2v) is 4.88. The van der Waals surface area contributed by atoms with Gasteiger partial charge in [0.25, 0.3) is 11.7 Å². The van der Waals surface area contributed by atoms with Crippen molar-refractivity contribution in [3.05, 3.63) is 51.7 Å². The number of carbonyl (C=O) groups is 2. The minimum absolute atomic E-state index is 0.0570. The molecule has 19 heavy (non-hydrogen) atoms. The van der Waals surface area contributed by atoms with E-state index in [-0.39, 0.29) is 12.2 Å². The molecule has 0 aliphatic carbocycles. The van der Waals surface area contributed by atoms with Gasteiger partial charge >= 0.3 is 0 Å². The highest BCUT2D eigenvalue weighted by molar-refractivity contribution is 7.07. The molecule has 0 N–H and O–H groups in total. The third-order valence-corrected chi connectivity index (χ3v) is 3.67. The van der Waals surface area contributed by atoms with Crippen molar-refractivity contribution >= 4 is 28.7 Å². The van der Waals surface area contributed by atoms with Gasteiger partial charge in [0.2, 0.25) is 0 Å². The van der Waals surface area contributed by atoms with Crippen LogP contribution >= 0.6 is 11.3 Å². The van der Waals surface area contributed by atoms with E-state index < -0.39 is 28.9 Å². The Hall–Kier alpha value is -2.08. The molecule has 0 fully saturated rings. The van der Waals surface area contributed by atoms with Crippen LogP contribution in [0.5, 0.6) is 0 Å². The summed E-state index contributed by atoms with van der Waals surface area (Å²) in [4.78, 5) is 24.5. The standard InChI is InChI=1S/C13H7F2NO2S/c14-8-1-2-9(15)11-10(8)12(17)13(18)16(11)5-7-3-4-19-6-7/h1-4,6H,5H2. The molecule has 1 aliphatic rings. The van der Waals surface area contributed by atoms with Crippen molar-refractivity contribution in [2.75, 3.05) is 4.90 Å². The SMILES string of the molecule is O=C1C(=O)N(Cc2ccsc2)c2c(F)ccc(F)c21. The van der Waals surface area contributed by atoms with Crippen LogP contribution in [-0.4, -0.2) is 11.7 Å². The molecular weight excluding hydrogens is 272 g/mol. The van der Waals surface area contributed by atoms with E-state index in [2.05, 4.69) is 0 Å². The Balaban J connectivity index is 2.12. The molecule has 0 atom stereocenters. The van der Waals surface area contributed by atoms with Gasteiger partial charge in [-0.3, -0.25) is 14.5 Å². The number of fused-ring (bicyclic) bond motifs is 1. The van der Waals surface area contributed by atoms with Crippen LogP contribution in [0.1, 0.15) is 15.9 Å². The quantitative estimate of drug-likeness (QED) is 0.793. The van der Waals surface area contributed by atoms with Crippen molar-refractivity contribution in [3.8, 4) is 0 Å². The van der Waals surface area contributed by atoms with Gasteiger partial charge in [-0.05, 0) is 34.5 Å². The first-order chi connectivity index (χ1) is 9.09. The molecule has 3 rings (SSSR count). The van der Waals surface area contributed by atoms with Gasteiger partial charge in [0, 0.05) is 0 Å². The summed E-state index contributed by atoms with van der Waals surface area (Å²) in [5, 5.41) is 3.59. The highest BCUT2D eigenvalue weighted by Gasteiger charge is 2.40. The van der Waals surface area contributed by atoms with Crippen molar-refractivity contribution < 1.29 is 18.4 Å². The van der Waals surface area contributed by atoms with Gasteiger partial charge in [-0.15, -0.1) is 0 Å². The fourth-order valence-corrected chi connectivity index (χ4v) is 2.73. The molecule has 0 unspecified atom stereocenters. The summed E-state index contributed by atoms with van der Waals surface area (Å²) in [6.07, 6.45) is 0. The van der Waals surface area contributed by atoms with Crippen LogP contribution in [-0.2, 0) is 11.3 Å². The second kappa shape index (κ2) is 4.24. The summed E-state index contributed by atoms with van der Waals surface area (Å²) in [7, 11) is 0. The van der Waals surface area contributed by atoms with E-state index in [1.54, 1.807) is 16.8 Å². The van der Waals surface area contributed by atoms with Crippen molar-refractivity contribution in [1.82, 2.24) is 0 Å². The number of ketones is 1. The van der Waals surface area contributed by atoms with E-state index in [0.29, 0.717) is 0 Å². The van der Waals surface area contributed by atoms with Gasteiger partial charge in [-0.25, -0.2) is 8.78 Å². The van der Waals surface area contributed by atoms with Crippen LogP contribution in [0.25, 0.3) is 0 Å². The van der Waals surface area contributed by atoms with E-state index in [9.17, 15) is 18.4 Å². The summed E-state index contributed by atoms with van der Waals surface area (Å²) in [5.74, 6) is -3.54. The highest BCUT2D eigenvalue weighted by atomic mass is 32.1. The minimum Gasteiger partial charge on any atom is -0.297 e. The Morgan fingerprint density at radius 2 is 1.84 bits per heavy atom. The van der Waals surface area contributed by atoms with E-state index in [4.69, 9.17) is 0 Å². The molecule has 96 valence electrons. The average molecular weight is 279 g/mol. The zero-order valence-electron chi connectivity index (χ0n) is 9.52. The third-order valence-electron chi connectivity index (χ3n) is 2.94. The maximum absolute atomic E-state index is 13.8. The van der Waals surface area contributed by atoms with E-state index in [1.165, 1.54) is 11.3 Å². The summed E-state index contributed by atoms with van der Waals surface area (Å²) in [6.45, 7) is 0.0570. The third kappa shape index (κ3) is 1.76. The van der Waals surface area contributed by atoms with Gasteiger partial charge in [-0.2, -0.15) is 11.3 Å². The van der Waals surface area contributed by atoms with Crippen molar-refractivity contribution in [2.24, 2.45) is 0 Å². The van der Waals surface area contributed by atoms with Crippen LogP contribution < -0.4 is 4.90 Å². The number of rotatable bonds is 2. The Labute approximate surface area is 111 Å². The maximum Gasteiger partial charge on any atom is 0.299 e. The zero-order chi connectivity index (χ0) is 13.6. The summed E-state index contributed by atoms with van der Waals surface area (Å²) >= 11 is 1.42. The van der Waals surface area contributed by atoms with Crippen LogP contribution in [0.4, 0.5) is 14.5 Å². The lowest BCUT2D eigenvalue weighted by Crippen LogP contribution is -2.29. The number of halogens is 2. The number of nitrogens with zero attached hydrogens (tertiary/aromatic N) is 1. The molecule has 0 spiro atoms. The van der Waals surface area contributed by atoms with Gasteiger partial charge < -0.3 is 0 Å². The first-order valence-corrected chi connectivity index (χ1v) is 6.39. The molecule has 2 heterocycles. The first-order valence-electron chi connectivity index (χ1n) is 5.45. The highest BCUT2D eigenvalue weighted by Crippen LogP contribution is 2.34. The fourth-order valence-electron chi connectivity index (χ4n) is 2.07. The lowest BCUT2D eigenvalue weighted by Gasteiger charge is -2.16. The second-order valence-electron chi connectivity index (χ2n) is 4.10. The van der Waals surface area contributed by atoms with Gasteiger partial charge in [-0.1, -0.05) is 0 Å². The molecule has 1 aromatic carbocycles. The molecule has 0 saturated carbocycles. The Morgan fingerprint density at radius 3 is 2.53 bits per heavy atom. The fraction of sp³-hybridized carbons (Fsp3) is 0.0769. The molecular formula is C13H7F2NO2S. The summed E-state index contributed by atoms with van der Waals surface area (Å²) < 4.78 is 27.4. The molecule has 1 aliphatic heterocycles. The number of hydrogen-bond donors (Lipinski definition) is 0. The normalized spacial score (nSPS) is 14.1. The molecule has 2 aromatic rings. The van der Waals surface area contributed by atoms with Crippen LogP contribution in [0.15, 0.2) is 29.0 Å². The molecule has 3 nitrogen and oxygen atoms in total. The summed E-state index contributed by atoms with van der Waals surface area (Å²) in [5.41, 5.74) is 0.0316. The Bertz CT molecular complexity index is 682. The molecule has 1 aromatic heterocycles. The zero-order valence-corrected chi connectivity index (χ0v) is 10.3. The number of benzene rings is 1. The number of thiophene rings is 1. The molecule has 6 heteroatoms. The predicted molar refractivity (Wildman–Crippen MR) is 66.2 cm³/mol. The van der Waals surface area contributed by atoms with Crippen molar-refractivity contribution in [3.63, 3.8) is 0 Å². The number of carbonyl (C=O) groups excluding carboxylic acids is 2. The topological polar surface area (TPSA) is 37.4 Å². The predicted octanol–water partition coefficient (Wildman–Crippen LogP) is 2.76. The minimum atomic E-state index is -0.998. The molecule has 0 radical (unpaired) electrons. The smallest absolute Gasteiger partial charge is 0.297 e. The van der Waals surface area contributed by atoms with Crippen LogP contribution in [0.3, 0.4) is 0 Å². The summed E-state index contributed by atoms with van der Waals surface area (Å²) in [6, 6.07) is 3.53. The number of anilines is 1. The van der Waals surface area contributed by atoms with E-state index in [0.717, 1.165) is 22.6 Å². The van der Waals surface area contributed by atoms with Crippen molar-refractivity contribution in [2.45, 2.75) is 6.54 Å². The van der Waals surface area contributed by atoms with Crippen LogP contribution in [0.2, 0.25) is 0 Å². The monoisotopic (exact) mass is 279 g/mol. The molecule has 1 amide bonds. The first kappa shape index (κ1) is 12.0. The van der Waals surface area contributed by atoms with E-state index >= 15 is 0 Å². The van der Waals surface area contributed by atoms with Gasteiger partial charge in [0.05, 0.1) is 17.8 Å². The Morgan fingerprint density at radius 1 is 1.11 bits per heavy atom. The van der Waals surface area contributed by atoms with Crippen molar-refractivity contribution in [1.29, 1.82) is 0 Å². The molecule has 0 saturated heterocycles. The lowest BCUT2D eigenvalue weighted by molar-refractivity contribution is -0.114. The number of hydrogen-bond acceptors (Lipinski definition) is 3. The molecule has 0 bridgehead atoms. The van der Waals surface area contributed by atoms with E-state index in [1.807, 2.05) is 0 Å². The lowest BCUT2D eigenvalue weighted by atomic mass is 10.1. The van der Waals surface area contributed by atoms with Crippen LogP contribution in [0, 0.1) is 11.6 Å². The maximum atomic E-state index is 13.8. The van der Waals surface area contributed by atoms with Gasteiger partial charge in [0.15, 0.2) is 0 Å². The largest absolute Gasteiger partial charge is 0.299 e. The number of amides is 1. The van der Waals surface area contributed by atoms with Gasteiger partial charge in [0.1, 0.15) is 11.6 Å². The Kier molecular flexibility index (Phi) is 2.67.